The third-order valence-corrected chi connectivity index (χ3v) is 4.83. The van der Waals surface area contributed by atoms with Crippen LogP contribution < -0.4 is 5.32 Å². The van der Waals surface area contributed by atoms with Crippen LogP contribution in [-0.2, 0) is 9.05 Å². The number of hydrogen-bond acceptors (Lipinski definition) is 3. The molecule has 0 bridgehead atoms. The molecule has 1 amide bonds. The molecule has 1 aromatic rings. The van der Waals surface area contributed by atoms with Crippen LogP contribution in [-0.4, -0.2) is 20.9 Å². The van der Waals surface area contributed by atoms with Gasteiger partial charge in [-0.3, -0.25) is 4.79 Å². The van der Waals surface area contributed by atoms with Gasteiger partial charge in [0.2, 0.25) is 0 Å². The van der Waals surface area contributed by atoms with Gasteiger partial charge in [0, 0.05) is 17.2 Å². The van der Waals surface area contributed by atoms with Gasteiger partial charge < -0.3 is 5.32 Å². The molecular weight excluding hydrogens is 321 g/mol. The number of rotatable bonds is 5. The molecule has 0 spiro atoms. The molecule has 0 saturated carbocycles. The van der Waals surface area contributed by atoms with Crippen LogP contribution in [0, 0.1) is 5.41 Å². The first-order valence-corrected chi connectivity index (χ1v) is 8.78. The van der Waals surface area contributed by atoms with Crippen LogP contribution in [0.2, 0.25) is 5.02 Å². The van der Waals surface area contributed by atoms with Crippen molar-refractivity contribution in [1.29, 1.82) is 0 Å². The van der Waals surface area contributed by atoms with Crippen LogP contribution in [0.1, 0.15) is 37.6 Å². The monoisotopic (exact) mass is 337 g/mol. The van der Waals surface area contributed by atoms with Gasteiger partial charge in [0.05, 0.1) is 15.5 Å². The van der Waals surface area contributed by atoms with Gasteiger partial charge in [0.25, 0.3) is 15.0 Å². The zero-order valence-electron chi connectivity index (χ0n) is 11.5. The third-order valence-electron chi connectivity index (χ3n) is 3.15. The number of nitrogens with one attached hydrogen (secondary N) is 1. The second-order valence-corrected chi connectivity index (χ2v) is 8.25. The first-order valence-electron chi connectivity index (χ1n) is 6.09. The molecule has 20 heavy (non-hydrogen) atoms. The number of carbonyl (C=O) groups is 1. The Morgan fingerprint density at radius 3 is 2.45 bits per heavy atom. The Labute approximate surface area is 128 Å². The van der Waals surface area contributed by atoms with Crippen molar-refractivity contribution in [1.82, 2.24) is 5.32 Å². The minimum atomic E-state index is -3.89. The van der Waals surface area contributed by atoms with E-state index in [1.165, 1.54) is 18.2 Å². The summed E-state index contributed by atoms with van der Waals surface area (Å²) in [6.45, 7) is 6.54. The van der Waals surface area contributed by atoms with Gasteiger partial charge in [0.1, 0.15) is 0 Å². The molecule has 0 heterocycles. The molecule has 0 aliphatic carbocycles. The lowest BCUT2D eigenvalue weighted by molar-refractivity contribution is 0.0935. The van der Waals surface area contributed by atoms with E-state index in [9.17, 15) is 13.2 Å². The standard InChI is InChI=1S/C13H17Cl2NO3S/c1-4-13(2,3)8-16-12(17)10-7-9(20(15,18)19)5-6-11(10)14/h5-7H,4,8H2,1-3H3,(H,16,17). The summed E-state index contributed by atoms with van der Waals surface area (Å²) >= 11 is 5.93. The van der Waals surface area contributed by atoms with E-state index in [-0.39, 0.29) is 20.9 Å². The Kier molecular flexibility index (Phi) is 5.46. The van der Waals surface area contributed by atoms with Gasteiger partial charge in [-0.05, 0) is 30.0 Å². The van der Waals surface area contributed by atoms with Gasteiger partial charge in [-0.2, -0.15) is 0 Å². The lowest BCUT2D eigenvalue weighted by atomic mass is 9.90. The summed E-state index contributed by atoms with van der Waals surface area (Å²) in [7, 11) is 1.37. The summed E-state index contributed by atoms with van der Waals surface area (Å²) in [5, 5.41) is 2.93. The minimum absolute atomic E-state index is 0.0433. The highest BCUT2D eigenvalue weighted by atomic mass is 35.7. The highest BCUT2D eigenvalue weighted by Crippen LogP contribution is 2.23. The van der Waals surface area contributed by atoms with E-state index >= 15 is 0 Å². The van der Waals surface area contributed by atoms with Crippen LogP contribution in [0.25, 0.3) is 0 Å². The van der Waals surface area contributed by atoms with E-state index in [1.54, 1.807) is 0 Å². The molecule has 112 valence electrons. The maximum absolute atomic E-state index is 12.1. The highest BCUT2D eigenvalue weighted by Gasteiger charge is 2.20. The van der Waals surface area contributed by atoms with Crippen LogP contribution in [0.15, 0.2) is 23.1 Å². The third kappa shape index (κ3) is 4.65. The molecule has 4 nitrogen and oxygen atoms in total. The van der Waals surface area contributed by atoms with E-state index in [0.717, 1.165) is 6.42 Å². The summed E-state index contributed by atoms with van der Waals surface area (Å²) in [6.07, 6.45) is 0.900. The van der Waals surface area contributed by atoms with E-state index in [1.807, 2.05) is 20.8 Å². The zero-order chi connectivity index (χ0) is 15.6. The Morgan fingerprint density at radius 1 is 1.35 bits per heavy atom. The molecule has 0 aromatic heterocycles. The fourth-order valence-electron chi connectivity index (χ4n) is 1.37. The fourth-order valence-corrected chi connectivity index (χ4v) is 2.35. The SMILES string of the molecule is CCC(C)(C)CNC(=O)c1cc(S(=O)(=O)Cl)ccc1Cl. The number of benzene rings is 1. The van der Waals surface area contributed by atoms with Crippen molar-refractivity contribution in [2.75, 3.05) is 6.54 Å². The maximum Gasteiger partial charge on any atom is 0.261 e. The van der Waals surface area contributed by atoms with Crippen LogP contribution in [0.5, 0.6) is 0 Å². The van der Waals surface area contributed by atoms with Crippen LogP contribution in [0.3, 0.4) is 0 Å². The predicted octanol–water partition coefficient (Wildman–Crippen LogP) is 3.43. The minimum Gasteiger partial charge on any atom is -0.351 e. The average Bonchev–Trinajstić information content (AvgIpc) is 2.35. The molecule has 1 aromatic carbocycles. The van der Waals surface area contributed by atoms with Crippen LogP contribution >= 0.6 is 22.3 Å². The molecule has 0 radical (unpaired) electrons. The molecule has 0 aliphatic heterocycles. The second kappa shape index (κ2) is 6.33. The quantitative estimate of drug-likeness (QED) is 0.837. The van der Waals surface area contributed by atoms with E-state index < -0.39 is 15.0 Å². The number of amides is 1. The average molecular weight is 338 g/mol. The summed E-state index contributed by atoms with van der Waals surface area (Å²) in [5.41, 5.74) is 0.0541. The topological polar surface area (TPSA) is 63.2 Å². The van der Waals surface area contributed by atoms with Gasteiger partial charge in [-0.25, -0.2) is 8.42 Å². The van der Waals surface area contributed by atoms with Gasteiger partial charge in [-0.15, -0.1) is 0 Å². The number of hydrogen-bond donors (Lipinski definition) is 1. The number of halogens is 2. The molecule has 1 rings (SSSR count). The van der Waals surface area contributed by atoms with Crippen LogP contribution in [0.4, 0.5) is 0 Å². The zero-order valence-corrected chi connectivity index (χ0v) is 13.9. The van der Waals surface area contributed by atoms with Gasteiger partial charge >= 0.3 is 0 Å². The molecular formula is C13H17Cl2NO3S. The molecule has 0 aliphatic rings. The summed E-state index contributed by atoms with van der Waals surface area (Å²) in [5.74, 6) is -0.418. The Balaban J connectivity index is 2.99. The first-order chi connectivity index (χ1) is 9.07. The summed E-state index contributed by atoms with van der Waals surface area (Å²) in [4.78, 5) is 11.9. The largest absolute Gasteiger partial charge is 0.351 e. The van der Waals surface area contributed by atoms with E-state index in [0.29, 0.717) is 6.54 Å². The molecule has 0 unspecified atom stereocenters. The Morgan fingerprint density at radius 2 is 1.95 bits per heavy atom. The fraction of sp³-hybridized carbons (Fsp3) is 0.462. The Bertz CT molecular complexity index is 612. The molecule has 0 saturated heterocycles. The number of carbonyl (C=O) groups excluding carboxylic acids is 1. The first kappa shape index (κ1) is 17.3. The lowest BCUT2D eigenvalue weighted by Gasteiger charge is -2.23. The van der Waals surface area contributed by atoms with Gasteiger partial charge in [0.15, 0.2) is 0 Å². The predicted molar refractivity (Wildman–Crippen MR) is 80.9 cm³/mol. The van der Waals surface area contributed by atoms with E-state index in [2.05, 4.69) is 5.32 Å². The molecule has 1 N–H and O–H groups in total. The van der Waals surface area contributed by atoms with Crippen molar-refractivity contribution in [3.8, 4) is 0 Å². The van der Waals surface area contributed by atoms with Gasteiger partial charge in [-0.1, -0.05) is 32.4 Å². The van der Waals surface area contributed by atoms with Crippen molar-refractivity contribution in [2.45, 2.75) is 32.1 Å². The van der Waals surface area contributed by atoms with Crippen molar-refractivity contribution < 1.29 is 13.2 Å². The smallest absolute Gasteiger partial charge is 0.261 e. The Hall–Kier alpha value is -0.780. The van der Waals surface area contributed by atoms with Crippen molar-refractivity contribution in [2.24, 2.45) is 5.41 Å². The van der Waals surface area contributed by atoms with Crippen molar-refractivity contribution >= 4 is 37.2 Å². The van der Waals surface area contributed by atoms with E-state index in [4.69, 9.17) is 22.3 Å². The summed E-state index contributed by atoms with van der Waals surface area (Å²) in [6, 6.07) is 3.78. The molecule has 0 fully saturated rings. The molecule has 0 atom stereocenters. The highest BCUT2D eigenvalue weighted by molar-refractivity contribution is 8.13. The second-order valence-electron chi connectivity index (χ2n) is 5.28. The van der Waals surface area contributed by atoms with Crippen molar-refractivity contribution in [3.63, 3.8) is 0 Å². The molecule has 7 heteroatoms. The normalized spacial score (nSPS) is 12.2. The van der Waals surface area contributed by atoms with Crippen molar-refractivity contribution in [3.05, 3.63) is 28.8 Å². The lowest BCUT2D eigenvalue weighted by Crippen LogP contribution is -2.33. The maximum atomic E-state index is 12.1. The summed E-state index contributed by atoms with van der Waals surface area (Å²) < 4.78 is 22.5.